The molecule has 1 atom stereocenters. The summed E-state index contributed by atoms with van der Waals surface area (Å²) in [6.07, 6.45) is 7.80. The van der Waals surface area contributed by atoms with E-state index in [1.54, 1.807) is 12.1 Å². The average molecular weight is 192 g/mol. The van der Waals surface area contributed by atoms with Gasteiger partial charge in [-0.1, -0.05) is 19.3 Å². The smallest absolute Gasteiger partial charge is 0.329 e. The van der Waals surface area contributed by atoms with Crippen molar-refractivity contribution < 1.29 is 14.3 Å². The number of hydrogen-bond donors (Lipinski definition) is 1. The molecule has 0 saturated carbocycles. The van der Waals surface area contributed by atoms with E-state index in [-0.39, 0.29) is 0 Å². The number of carbonyl (C=O) groups is 1. The van der Waals surface area contributed by atoms with E-state index in [4.69, 9.17) is 15.9 Å². The van der Waals surface area contributed by atoms with Crippen LogP contribution in [0.15, 0.2) is 22.8 Å². The summed E-state index contributed by atoms with van der Waals surface area (Å²) in [5.41, 5.74) is -1.31. The van der Waals surface area contributed by atoms with Gasteiger partial charge >= 0.3 is 5.97 Å². The molecule has 1 rings (SSSR count). The normalized spacial score (nSPS) is 14.3. The molecule has 1 aromatic rings. The molecule has 0 bridgehead atoms. The third kappa shape index (κ3) is 1.51. The van der Waals surface area contributed by atoms with Gasteiger partial charge in [-0.3, -0.25) is 4.79 Å². The number of terminal acetylenes is 1. The fourth-order valence-electron chi connectivity index (χ4n) is 1.44. The predicted octanol–water partition coefficient (Wildman–Crippen LogP) is 2.04. The molecular weight excluding hydrogens is 180 g/mol. The van der Waals surface area contributed by atoms with Gasteiger partial charge in [0.1, 0.15) is 5.76 Å². The van der Waals surface area contributed by atoms with Crippen molar-refractivity contribution in [2.75, 3.05) is 0 Å². The Bertz CT molecular complexity index is 345. The Kier molecular flexibility index (Phi) is 2.98. The van der Waals surface area contributed by atoms with Crippen LogP contribution >= 0.6 is 0 Å². The number of aliphatic carboxylic acids is 1. The Morgan fingerprint density at radius 2 is 2.50 bits per heavy atom. The number of hydrogen-bond acceptors (Lipinski definition) is 2. The van der Waals surface area contributed by atoms with Crippen LogP contribution in [-0.4, -0.2) is 11.1 Å². The fourth-order valence-corrected chi connectivity index (χ4v) is 1.44. The lowest BCUT2D eigenvalue weighted by Gasteiger charge is -2.20. The van der Waals surface area contributed by atoms with Crippen LogP contribution in [0, 0.1) is 12.3 Å². The summed E-state index contributed by atoms with van der Waals surface area (Å²) in [6, 6.07) is 3.24. The summed E-state index contributed by atoms with van der Waals surface area (Å²) in [4.78, 5) is 11.1. The Balaban J connectivity index is 3.16. The van der Waals surface area contributed by atoms with Crippen LogP contribution in [0.3, 0.4) is 0 Å². The summed E-state index contributed by atoms with van der Waals surface area (Å²) in [7, 11) is 0. The standard InChI is InChI=1S/C11H12O3/c1-3-7-11(4-2,10(12)13)9-6-5-8-14-9/h2,5-6,8H,3,7H2,1H3,(H,12,13). The zero-order chi connectivity index (χ0) is 10.6. The van der Waals surface area contributed by atoms with E-state index < -0.39 is 11.4 Å². The molecule has 0 aliphatic rings. The number of carboxylic acid groups (broad SMARTS) is 1. The van der Waals surface area contributed by atoms with Crippen LogP contribution in [-0.2, 0) is 10.2 Å². The van der Waals surface area contributed by atoms with Gasteiger partial charge in [-0.15, -0.1) is 6.42 Å². The third-order valence-electron chi connectivity index (χ3n) is 2.18. The lowest BCUT2D eigenvalue weighted by atomic mass is 9.82. The zero-order valence-corrected chi connectivity index (χ0v) is 7.99. The van der Waals surface area contributed by atoms with Crippen molar-refractivity contribution in [3.63, 3.8) is 0 Å². The van der Waals surface area contributed by atoms with Crippen LogP contribution in [0.25, 0.3) is 0 Å². The largest absolute Gasteiger partial charge is 0.480 e. The molecule has 0 aliphatic carbocycles. The van der Waals surface area contributed by atoms with E-state index in [2.05, 4.69) is 5.92 Å². The first kappa shape index (κ1) is 10.4. The molecule has 0 saturated heterocycles. The maximum absolute atomic E-state index is 11.1. The summed E-state index contributed by atoms with van der Waals surface area (Å²) >= 11 is 0. The van der Waals surface area contributed by atoms with Gasteiger partial charge < -0.3 is 9.52 Å². The first-order valence-electron chi connectivity index (χ1n) is 4.42. The first-order valence-corrected chi connectivity index (χ1v) is 4.42. The second-order valence-electron chi connectivity index (χ2n) is 3.08. The number of furan rings is 1. The molecule has 0 aromatic carbocycles. The molecule has 1 heterocycles. The monoisotopic (exact) mass is 192 g/mol. The van der Waals surface area contributed by atoms with Gasteiger partial charge in [0.25, 0.3) is 0 Å². The van der Waals surface area contributed by atoms with Gasteiger partial charge in [-0.25, -0.2) is 0 Å². The topological polar surface area (TPSA) is 50.4 Å². The first-order chi connectivity index (χ1) is 6.67. The van der Waals surface area contributed by atoms with Gasteiger partial charge in [-0.2, -0.15) is 0 Å². The molecule has 3 heteroatoms. The van der Waals surface area contributed by atoms with Crippen LogP contribution in [0.1, 0.15) is 25.5 Å². The molecule has 1 unspecified atom stereocenters. The Hall–Kier alpha value is -1.69. The average Bonchev–Trinajstić information content (AvgIpc) is 2.66. The highest BCUT2D eigenvalue weighted by molar-refractivity contribution is 5.84. The lowest BCUT2D eigenvalue weighted by Crippen LogP contribution is -2.33. The molecule has 1 N–H and O–H groups in total. The van der Waals surface area contributed by atoms with Gasteiger partial charge in [0.15, 0.2) is 5.41 Å². The van der Waals surface area contributed by atoms with Gasteiger partial charge in [-0.05, 0) is 18.6 Å². The minimum absolute atomic E-state index is 0.328. The predicted molar refractivity (Wildman–Crippen MR) is 51.8 cm³/mol. The highest BCUT2D eigenvalue weighted by Crippen LogP contribution is 2.29. The van der Waals surface area contributed by atoms with E-state index in [0.717, 1.165) is 0 Å². The summed E-state index contributed by atoms with van der Waals surface area (Å²) < 4.78 is 5.08. The lowest BCUT2D eigenvalue weighted by molar-refractivity contribution is -0.142. The Morgan fingerprint density at radius 3 is 2.86 bits per heavy atom. The van der Waals surface area contributed by atoms with E-state index in [9.17, 15) is 4.79 Å². The van der Waals surface area contributed by atoms with E-state index in [0.29, 0.717) is 18.6 Å². The molecule has 0 aliphatic heterocycles. The quantitative estimate of drug-likeness (QED) is 0.742. The highest BCUT2D eigenvalue weighted by Gasteiger charge is 2.40. The van der Waals surface area contributed by atoms with Crippen molar-refractivity contribution >= 4 is 5.97 Å². The third-order valence-corrected chi connectivity index (χ3v) is 2.18. The summed E-state index contributed by atoms with van der Waals surface area (Å²) in [5, 5.41) is 9.12. The van der Waals surface area contributed by atoms with E-state index in [1.165, 1.54) is 6.26 Å². The van der Waals surface area contributed by atoms with Gasteiger partial charge in [0, 0.05) is 0 Å². The second kappa shape index (κ2) is 4.01. The second-order valence-corrected chi connectivity index (χ2v) is 3.08. The van der Waals surface area contributed by atoms with Gasteiger partial charge in [0.2, 0.25) is 0 Å². The molecule has 3 nitrogen and oxygen atoms in total. The number of rotatable bonds is 4. The van der Waals surface area contributed by atoms with E-state index in [1.807, 2.05) is 6.92 Å². The van der Waals surface area contributed by atoms with Crippen molar-refractivity contribution in [2.24, 2.45) is 0 Å². The minimum atomic E-state index is -1.31. The van der Waals surface area contributed by atoms with Crippen molar-refractivity contribution in [1.82, 2.24) is 0 Å². The highest BCUT2D eigenvalue weighted by atomic mass is 16.4. The van der Waals surface area contributed by atoms with E-state index >= 15 is 0 Å². The van der Waals surface area contributed by atoms with Crippen LogP contribution in [0.5, 0.6) is 0 Å². The molecular formula is C11H12O3. The van der Waals surface area contributed by atoms with Crippen molar-refractivity contribution in [1.29, 1.82) is 0 Å². The molecule has 74 valence electrons. The SMILES string of the molecule is C#CC(CCC)(C(=O)O)c1ccco1. The molecule has 0 radical (unpaired) electrons. The van der Waals surface area contributed by atoms with Crippen molar-refractivity contribution in [3.05, 3.63) is 24.2 Å². The minimum Gasteiger partial charge on any atom is -0.480 e. The van der Waals surface area contributed by atoms with Crippen molar-refractivity contribution in [3.8, 4) is 12.3 Å². The van der Waals surface area contributed by atoms with Crippen molar-refractivity contribution in [2.45, 2.75) is 25.2 Å². The Morgan fingerprint density at radius 1 is 1.79 bits per heavy atom. The molecule has 0 spiro atoms. The summed E-state index contributed by atoms with van der Waals surface area (Å²) in [6.45, 7) is 1.89. The van der Waals surface area contributed by atoms with Gasteiger partial charge in [0.05, 0.1) is 6.26 Å². The maximum Gasteiger partial charge on any atom is 0.329 e. The maximum atomic E-state index is 11.1. The molecule has 14 heavy (non-hydrogen) atoms. The zero-order valence-electron chi connectivity index (χ0n) is 7.99. The molecule has 0 fully saturated rings. The molecule has 0 amide bonds. The number of carboxylic acids is 1. The van der Waals surface area contributed by atoms with Crippen LogP contribution in [0.2, 0.25) is 0 Å². The van der Waals surface area contributed by atoms with Crippen LogP contribution < -0.4 is 0 Å². The summed E-state index contributed by atoms with van der Waals surface area (Å²) in [5.74, 6) is 1.62. The molecule has 1 aromatic heterocycles. The fraction of sp³-hybridized carbons (Fsp3) is 0.364. The van der Waals surface area contributed by atoms with Crippen LogP contribution in [0.4, 0.5) is 0 Å². The Labute approximate surface area is 82.7 Å².